The van der Waals surface area contributed by atoms with Crippen molar-refractivity contribution >= 4 is 34.4 Å². The highest BCUT2D eigenvalue weighted by Gasteiger charge is 2.14. The number of anilines is 1. The molecule has 0 aliphatic heterocycles. The summed E-state index contributed by atoms with van der Waals surface area (Å²) in [6, 6.07) is 14.1. The molecule has 142 valence electrons. The number of thioether (sulfide) groups is 1. The lowest BCUT2D eigenvalue weighted by Crippen LogP contribution is -2.19. The van der Waals surface area contributed by atoms with Gasteiger partial charge in [0.05, 0.1) is 11.0 Å². The Labute approximate surface area is 165 Å². The third-order valence-electron chi connectivity index (χ3n) is 4.56. The topological polar surface area (TPSA) is 46.9 Å². The van der Waals surface area contributed by atoms with Gasteiger partial charge in [-0.05, 0) is 44.0 Å². The molecule has 0 radical (unpaired) electrons. The molecule has 1 heterocycles. The van der Waals surface area contributed by atoms with Gasteiger partial charge in [-0.2, -0.15) is 0 Å². The van der Waals surface area contributed by atoms with Crippen molar-refractivity contribution in [1.29, 1.82) is 0 Å². The van der Waals surface area contributed by atoms with Crippen LogP contribution in [0.2, 0.25) is 0 Å². The predicted octanol–water partition coefficient (Wildman–Crippen LogP) is 5.57. The zero-order chi connectivity index (χ0) is 19.2. The zero-order valence-corrected chi connectivity index (χ0v) is 17.1. The molecule has 3 aromatic rings. The number of amides is 1. The van der Waals surface area contributed by atoms with E-state index < -0.39 is 0 Å². The standard InChI is InChI=1S/C22H27N3OS/c1-4-5-8-13-27-22-24-19-9-6-7-10-20(19)25(22)15-21(26)23-18-12-11-16(2)14-17(18)3/h6-7,9-12,14H,4-5,8,13,15H2,1-3H3,(H,23,26). The Morgan fingerprint density at radius 3 is 2.74 bits per heavy atom. The molecule has 27 heavy (non-hydrogen) atoms. The Kier molecular flexibility index (Phi) is 6.56. The van der Waals surface area contributed by atoms with Crippen LogP contribution in [0.15, 0.2) is 47.6 Å². The first kappa shape index (κ1) is 19.5. The molecule has 1 amide bonds. The summed E-state index contributed by atoms with van der Waals surface area (Å²) < 4.78 is 2.03. The van der Waals surface area contributed by atoms with E-state index in [9.17, 15) is 4.79 Å². The van der Waals surface area contributed by atoms with Gasteiger partial charge < -0.3 is 9.88 Å². The maximum absolute atomic E-state index is 12.7. The Morgan fingerprint density at radius 2 is 1.96 bits per heavy atom. The maximum atomic E-state index is 12.7. The fourth-order valence-electron chi connectivity index (χ4n) is 3.12. The van der Waals surface area contributed by atoms with Crippen molar-refractivity contribution < 1.29 is 4.79 Å². The van der Waals surface area contributed by atoms with Crippen LogP contribution in [0.3, 0.4) is 0 Å². The van der Waals surface area contributed by atoms with Crippen LogP contribution in [0, 0.1) is 13.8 Å². The fourth-order valence-corrected chi connectivity index (χ4v) is 4.13. The summed E-state index contributed by atoms with van der Waals surface area (Å²) >= 11 is 1.74. The molecule has 2 aromatic carbocycles. The number of carbonyl (C=O) groups excluding carboxylic acids is 1. The molecule has 1 N–H and O–H groups in total. The van der Waals surface area contributed by atoms with Gasteiger partial charge in [-0.15, -0.1) is 0 Å². The molecule has 0 aliphatic carbocycles. The number of imidazole rings is 1. The van der Waals surface area contributed by atoms with E-state index >= 15 is 0 Å². The molecule has 0 fully saturated rings. The third-order valence-corrected chi connectivity index (χ3v) is 5.62. The predicted molar refractivity (Wildman–Crippen MR) is 115 cm³/mol. The number of hydrogen-bond acceptors (Lipinski definition) is 3. The molecule has 0 atom stereocenters. The molecule has 0 aliphatic rings. The van der Waals surface area contributed by atoms with Crippen molar-refractivity contribution in [2.24, 2.45) is 0 Å². The molecular formula is C22H27N3OS. The van der Waals surface area contributed by atoms with Crippen molar-refractivity contribution in [3.05, 3.63) is 53.6 Å². The first-order valence-corrected chi connectivity index (χ1v) is 10.5. The largest absolute Gasteiger partial charge is 0.324 e. The van der Waals surface area contributed by atoms with E-state index in [1.165, 1.54) is 24.8 Å². The van der Waals surface area contributed by atoms with E-state index in [4.69, 9.17) is 4.98 Å². The van der Waals surface area contributed by atoms with E-state index in [0.29, 0.717) is 0 Å². The highest BCUT2D eigenvalue weighted by atomic mass is 32.2. The molecule has 0 saturated carbocycles. The van der Waals surface area contributed by atoms with Crippen molar-refractivity contribution in [1.82, 2.24) is 9.55 Å². The lowest BCUT2D eigenvalue weighted by atomic mass is 10.1. The minimum Gasteiger partial charge on any atom is -0.324 e. The summed E-state index contributed by atoms with van der Waals surface area (Å²) in [6.45, 7) is 6.55. The van der Waals surface area contributed by atoms with Crippen LogP contribution in [-0.4, -0.2) is 21.2 Å². The Morgan fingerprint density at radius 1 is 1.15 bits per heavy atom. The van der Waals surface area contributed by atoms with Crippen LogP contribution >= 0.6 is 11.8 Å². The van der Waals surface area contributed by atoms with E-state index in [0.717, 1.165) is 33.2 Å². The minimum atomic E-state index is -0.0273. The van der Waals surface area contributed by atoms with Gasteiger partial charge in [0.25, 0.3) is 0 Å². The molecule has 0 spiro atoms. The average Bonchev–Trinajstić information content (AvgIpc) is 2.99. The highest BCUT2D eigenvalue weighted by molar-refractivity contribution is 7.99. The number of hydrogen-bond donors (Lipinski definition) is 1. The lowest BCUT2D eigenvalue weighted by molar-refractivity contribution is -0.116. The molecule has 4 nitrogen and oxygen atoms in total. The number of nitrogens with one attached hydrogen (secondary N) is 1. The minimum absolute atomic E-state index is 0.0273. The number of nitrogens with zero attached hydrogens (tertiary/aromatic N) is 2. The van der Waals surface area contributed by atoms with Crippen LogP contribution in [0.25, 0.3) is 11.0 Å². The molecule has 0 unspecified atom stereocenters. The first-order chi connectivity index (χ1) is 13.1. The number of benzene rings is 2. The summed E-state index contributed by atoms with van der Waals surface area (Å²) in [7, 11) is 0. The average molecular weight is 382 g/mol. The molecule has 0 bridgehead atoms. The van der Waals surface area contributed by atoms with Gasteiger partial charge in [-0.3, -0.25) is 4.79 Å². The van der Waals surface area contributed by atoms with Gasteiger partial charge in [0.2, 0.25) is 5.91 Å². The van der Waals surface area contributed by atoms with E-state index in [2.05, 4.69) is 25.2 Å². The number of rotatable bonds is 8. The summed E-state index contributed by atoms with van der Waals surface area (Å²) in [6.07, 6.45) is 3.59. The van der Waals surface area contributed by atoms with E-state index in [1.54, 1.807) is 11.8 Å². The Bertz CT molecular complexity index is 932. The second-order valence-corrected chi connectivity index (χ2v) is 7.95. The molecular weight excluding hydrogens is 354 g/mol. The zero-order valence-electron chi connectivity index (χ0n) is 16.3. The third kappa shape index (κ3) is 4.92. The smallest absolute Gasteiger partial charge is 0.244 e. The van der Waals surface area contributed by atoms with E-state index in [1.807, 2.05) is 47.9 Å². The second-order valence-electron chi connectivity index (χ2n) is 6.89. The van der Waals surface area contributed by atoms with Gasteiger partial charge in [0.1, 0.15) is 6.54 Å². The van der Waals surface area contributed by atoms with Gasteiger partial charge in [-0.1, -0.05) is 61.4 Å². The second kappa shape index (κ2) is 9.09. The molecule has 3 rings (SSSR count). The Balaban J connectivity index is 1.78. The fraction of sp³-hybridized carbons (Fsp3) is 0.364. The van der Waals surface area contributed by atoms with Crippen LogP contribution in [0.1, 0.15) is 37.3 Å². The Hall–Kier alpha value is -2.27. The van der Waals surface area contributed by atoms with Crippen LogP contribution in [0.4, 0.5) is 5.69 Å². The number of aryl methyl sites for hydroxylation is 2. The van der Waals surface area contributed by atoms with E-state index in [-0.39, 0.29) is 12.5 Å². The quantitative estimate of drug-likeness (QED) is 0.410. The van der Waals surface area contributed by atoms with Crippen LogP contribution in [0.5, 0.6) is 0 Å². The number of para-hydroxylation sites is 2. The van der Waals surface area contributed by atoms with Crippen molar-refractivity contribution in [2.45, 2.75) is 51.7 Å². The van der Waals surface area contributed by atoms with Gasteiger partial charge in [0.15, 0.2) is 5.16 Å². The van der Waals surface area contributed by atoms with Crippen LogP contribution < -0.4 is 5.32 Å². The number of fused-ring (bicyclic) bond motifs is 1. The number of aromatic nitrogens is 2. The molecule has 0 saturated heterocycles. The van der Waals surface area contributed by atoms with Gasteiger partial charge in [-0.25, -0.2) is 4.98 Å². The summed E-state index contributed by atoms with van der Waals surface area (Å²) in [5.74, 6) is 0.996. The maximum Gasteiger partial charge on any atom is 0.244 e. The summed E-state index contributed by atoms with van der Waals surface area (Å²) in [5, 5.41) is 3.97. The van der Waals surface area contributed by atoms with Crippen molar-refractivity contribution in [2.75, 3.05) is 11.1 Å². The first-order valence-electron chi connectivity index (χ1n) is 9.53. The number of unbranched alkanes of at least 4 members (excludes halogenated alkanes) is 2. The SMILES string of the molecule is CCCCCSc1nc2ccccc2n1CC(=O)Nc1ccc(C)cc1C. The van der Waals surface area contributed by atoms with Gasteiger partial charge in [0, 0.05) is 11.4 Å². The van der Waals surface area contributed by atoms with Gasteiger partial charge >= 0.3 is 0 Å². The molecule has 1 aromatic heterocycles. The summed E-state index contributed by atoms with van der Waals surface area (Å²) in [4.78, 5) is 17.5. The van der Waals surface area contributed by atoms with Crippen molar-refractivity contribution in [3.63, 3.8) is 0 Å². The summed E-state index contributed by atoms with van der Waals surface area (Å²) in [5.41, 5.74) is 5.08. The van der Waals surface area contributed by atoms with Crippen molar-refractivity contribution in [3.8, 4) is 0 Å². The van der Waals surface area contributed by atoms with Crippen LogP contribution in [-0.2, 0) is 11.3 Å². The monoisotopic (exact) mass is 381 g/mol. The number of carbonyl (C=O) groups is 1. The highest BCUT2D eigenvalue weighted by Crippen LogP contribution is 2.25. The lowest BCUT2D eigenvalue weighted by Gasteiger charge is -2.12. The molecule has 5 heteroatoms. The normalized spacial score (nSPS) is 11.1.